The van der Waals surface area contributed by atoms with Crippen molar-refractivity contribution < 1.29 is 23.9 Å². The molecule has 0 aromatic rings. The smallest absolute Gasteiger partial charge is 0.328 e. The van der Waals surface area contributed by atoms with Crippen molar-refractivity contribution in [3.05, 3.63) is 0 Å². The number of nitrogens with one attached hydrogen (secondary N) is 1. The van der Waals surface area contributed by atoms with E-state index in [0.29, 0.717) is 0 Å². The highest BCUT2D eigenvalue weighted by molar-refractivity contribution is 5.85. The van der Waals surface area contributed by atoms with Crippen molar-refractivity contribution in [1.29, 1.82) is 0 Å². The highest BCUT2D eigenvalue weighted by Gasteiger charge is 2.21. The first kappa shape index (κ1) is 14.4. The first-order valence-corrected chi connectivity index (χ1v) is 4.69. The molecule has 0 aliphatic heterocycles. The second kappa shape index (κ2) is 7.63. The van der Waals surface area contributed by atoms with E-state index in [9.17, 15) is 14.4 Å². The summed E-state index contributed by atoms with van der Waals surface area (Å²) in [7, 11) is 2.44. The van der Waals surface area contributed by atoms with E-state index in [0.717, 1.165) is 0 Å². The third-order valence-corrected chi connectivity index (χ3v) is 1.87. The Morgan fingerprint density at radius 1 is 1.25 bits per heavy atom. The minimum Gasteiger partial charge on any atom is -0.469 e. The van der Waals surface area contributed by atoms with Crippen molar-refractivity contribution in [2.45, 2.75) is 18.9 Å². The van der Waals surface area contributed by atoms with Gasteiger partial charge in [0.05, 0.1) is 20.8 Å². The van der Waals surface area contributed by atoms with Crippen LogP contribution < -0.4 is 11.1 Å². The maximum Gasteiger partial charge on any atom is 0.328 e. The van der Waals surface area contributed by atoms with Crippen LogP contribution in [-0.4, -0.2) is 44.7 Å². The Balaban J connectivity index is 4.26. The molecule has 1 amide bonds. The standard InChI is InChI=1S/C9H16N2O5/c1-15-8(13)4-3-6(9(14)16-2)11-7(12)5-10/h6H,3-5,10H2,1-2H3,(H,11,12)/t6-/m1/s1. The number of nitrogens with two attached hydrogens (primary N) is 1. The van der Waals surface area contributed by atoms with Gasteiger partial charge in [0.15, 0.2) is 0 Å². The lowest BCUT2D eigenvalue weighted by Crippen LogP contribution is -2.44. The average Bonchev–Trinajstić information content (AvgIpc) is 2.32. The molecular formula is C9H16N2O5. The van der Waals surface area contributed by atoms with Crippen molar-refractivity contribution in [3.63, 3.8) is 0 Å². The van der Waals surface area contributed by atoms with Crippen LogP contribution >= 0.6 is 0 Å². The summed E-state index contributed by atoms with van der Waals surface area (Å²) in [6.07, 6.45) is 0.131. The predicted octanol–water partition coefficient (Wildman–Crippen LogP) is -1.44. The molecule has 0 aliphatic rings. The number of amides is 1. The number of hydrogen-bond acceptors (Lipinski definition) is 6. The zero-order valence-electron chi connectivity index (χ0n) is 9.32. The molecule has 0 fully saturated rings. The van der Waals surface area contributed by atoms with Gasteiger partial charge in [0.1, 0.15) is 6.04 Å². The molecule has 0 unspecified atom stereocenters. The fourth-order valence-electron chi connectivity index (χ4n) is 1.01. The maximum atomic E-state index is 11.2. The van der Waals surface area contributed by atoms with Gasteiger partial charge in [-0.1, -0.05) is 0 Å². The third kappa shape index (κ3) is 5.30. The second-order valence-corrected chi connectivity index (χ2v) is 2.96. The van der Waals surface area contributed by atoms with E-state index in [-0.39, 0.29) is 19.4 Å². The highest BCUT2D eigenvalue weighted by atomic mass is 16.5. The number of hydrogen-bond donors (Lipinski definition) is 2. The maximum absolute atomic E-state index is 11.2. The molecule has 0 heterocycles. The summed E-state index contributed by atoms with van der Waals surface area (Å²) in [5.41, 5.74) is 5.09. The van der Waals surface area contributed by atoms with Crippen LogP contribution in [0.4, 0.5) is 0 Å². The van der Waals surface area contributed by atoms with E-state index in [1.807, 2.05) is 0 Å². The normalized spacial score (nSPS) is 11.4. The number of rotatable bonds is 6. The Kier molecular flexibility index (Phi) is 6.86. The van der Waals surface area contributed by atoms with Gasteiger partial charge in [-0.25, -0.2) is 4.79 Å². The molecule has 7 nitrogen and oxygen atoms in total. The molecule has 0 radical (unpaired) electrons. The number of ether oxygens (including phenoxy) is 2. The van der Waals surface area contributed by atoms with Crippen LogP contribution in [-0.2, 0) is 23.9 Å². The van der Waals surface area contributed by atoms with Crippen LogP contribution in [0, 0.1) is 0 Å². The van der Waals surface area contributed by atoms with Crippen molar-refractivity contribution in [3.8, 4) is 0 Å². The molecule has 0 aromatic carbocycles. The largest absolute Gasteiger partial charge is 0.469 e. The number of carbonyl (C=O) groups is 3. The molecule has 0 bridgehead atoms. The van der Waals surface area contributed by atoms with Crippen molar-refractivity contribution in [2.75, 3.05) is 20.8 Å². The van der Waals surface area contributed by atoms with Gasteiger partial charge in [-0.2, -0.15) is 0 Å². The summed E-state index contributed by atoms with van der Waals surface area (Å²) in [4.78, 5) is 33.1. The van der Waals surface area contributed by atoms with Gasteiger partial charge in [0, 0.05) is 6.42 Å². The number of esters is 2. The van der Waals surface area contributed by atoms with E-state index in [1.54, 1.807) is 0 Å². The summed E-state index contributed by atoms with van der Waals surface area (Å²) in [5.74, 6) is -1.57. The minimum atomic E-state index is -0.875. The lowest BCUT2D eigenvalue weighted by molar-refractivity contribution is -0.146. The summed E-state index contributed by atoms with van der Waals surface area (Å²) >= 11 is 0. The molecule has 0 spiro atoms. The summed E-state index contributed by atoms with van der Waals surface area (Å²) < 4.78 is 8.89. The predicted molar refractivity (Wildman–Crippen MR) is 54.3 cm³/mol. The van der Waals surface area contributed by atoms with Crippen molar-refractivity contribution in [1.82, 2.24) is 5.32 Å². The average molecular weight is 232 g/mol. The third-order valence-electron chi connectivity index (χ3n) is 1.87. The SMILES string of the molecule is COC(=O)CC[C@@H](NC(=O)CN)C(=O)OC. The topological polar surface area (TPSA) is 108 Å². The molecule has 0 aliphatic carbocycles. The Morgan fingerprint density at radius 3 is 2.31 bits per heavy atom. The summed E-state index contributed by atoms with van der Waals surface area (Å²) in [6.45, 7) is -0.230. The Bertz CT molecular complexity index is 267. The molecule has 7 heteroatoms. The molecule has 0 saturated heterocycles. The van der Waals surface area contributed by atoms with E-state index in [1.165, 1.54) is 14.2 Å². The van der Waals surface area contributed by atoms with Crippen molar-refractivity contribution >= 4 is 17.8 Å². The van der Waals surface area contributed by atoms with Crippen LogP contribution in [0.25, 0.3) is 0 Å². The summed E-state index contributed by atoms with van der Waals surface area (Å²) in [5, 5.41) is 2.35. The van der Waals surface area contributed by atoms with Gasteiger partial charge >= 0.3 is 11.9 Å². The second-order valence-electron chi connectivity index (χ2n) is 2.96. The highest BCUT2D eigenvalue weighted by Crippen LogP contribution is 2.01. The van der Waals surface area contributed by atoms with Crippen LogP contribution in [0.5, 0.6) is 0 Å². The molecule has 0 aromatic heterocycles. The van der Waals surface area contributed by atoms with Crippen LogP contribution in [0.2, 0.25) is 0 Å². The fourth-order valence-corrected chi connectivity index (χ4v) is 1.01. The molecule has 0 rings (SSSR count). The van der Waals surface area contributed by atoms with Gasteiger partial charge in [-0.15, -0.1) is 0 Å². The number of methoxy groups -OCH3 is 2. The molecule has 92 valence electrons. The fraction of sp³-hybridized carbons (Fsp3) is 0.667. The first-order valence-electron chi connectivity index (χ1n) is 4.69. The quantitative estimate of drug-likeness (QED) is 0.543. The molecule has 16 heavy (non-hydrogen) atoms. The zero-order valence-corrected chi connectivity index (χ0v) is 9.32. The molecule has 3 N–H and O–H groups in total. The van der Waals surface area contributed by atoms with Gasteiger partial charge in [-0.3, -0.25) is 9.59 Å². The van der Waals surface area contributed by atoms with Crippen LogP contribution in [0.3, 0.4) is 0 Å². The Labute approximate surface area is 93.3 Å². The van der Waals surface area contributed by atoms with Crippen LogP contribution in [0.1, 0.15) is 12.8 Å². The lowest BCUT2D eigenvalue weighted by Gasteiger charge is -2.15. The van der Waals surface area contributed by atoms with Gasteiger partial charge < -0.3 is 20.5 Å². The van der Waals surface area contributed by atoms with Gasteiger partial charge in [0.25, 0.3) is 0 Å². The van der Waals surface area contributed by atoms with Crippen molar-refractivity contribution in [2.24, 2.45) is 5.73 Å². The van der Waals surface area contributed by atoms with E-state index in [4.69, 9.17) is 5.73 Å². The van der Waals surface area contributed by atoms with Gasteiger partial charge in [0.2, 0.25) is 5.91 Å². The van der Waals surface area contributed by atoms with E-state index >= 15 is 0 Å². The van der Waals surface area contributed by atoms with E-state index in [2.05, 4.69) is 14.8 Å². The molecule has 0 saturated carbocycles. The zero-order chi connectivity index (χ0) is 12.6. The lowest BCUT2D eigenvalue weighted by atomic mass is 10.1. The minimum absolute atomic E-state index is 0.0150. The molecular weight excluding hydrogens is 216 g/mol. The van der Waals surface area contributed by atoms with Gasteiger partial charge in [-0.05, 0) is 6.42 Å². The Hall–Kier alpha value is -1.63. The summed E-state index contributed by atoms with van der Waals surface area (Å²) in [6, 6.07) is -0.875. The van der Waals surface area contributed by atoms with Crippen LogP contribution in [0.15, 0.2) is 0 Å². The number of carbonyl (C=O) groups excluding carboxylic acids is 3. The molecule has 1 atom stereocenters. The van der Waals surface area contributed by atoms with E-state index < -0.39 is 23.9 Å². The Morgan fingerprint density at radius 2 is 1.88 bits per heavy atom. The monoisotopic (exact) mass is 232 g/mol. The first-order chi connectivity index (χ1) is 7.54.